The number of aromatic nitrogens is 3. The van der Waals surface area contributed by atoms with Crippen LogP contribution < -0.4 is 5.32 Å². The first-order valence-electron chi connectivity index (χ1n) is 8.77. The van der Waals surface area contributed by atoms with Gasteiger partial charge in [-0.2, -0.15) is 0 Å². The van der Waals surface area contributed by atoms with Gasteiger partial charge < -0.3 is 5.32 Å². The predicted octanol–water partition coefficient (Wildman–Crippen LogP) is 3.74. The van der Waals surface area contributed by atoms with Crippen LogP contribution in [-0.2, 0) is 11.2 Å². The lowest BCUT2D eigenvalue weighted by atomic mass is 10.0. The van der Waals surface area contributed by atoms with Crippen LogP contribution in [0.2, 0.25) is 0 Å². The molecule has 1 aromatic carbocycles. The maximum absolute atomic E-state index is 12.2. The van der Waals surface area contributed by atoms with E-state index in [1.807, 2.05) is 49.4 Å². The minimum absolute atomic E-state index is 0.0292. The molecule has 5 heteroatoms. The first-order chi connectivity index (χ1) is 12.7. The third-order valence-corrected chi connectivity index (χ3v) is 4.24. The molecule has 26 heavy (non-hydrogen) atoms. The van der Waals surface area contributed by atoms with Gasteiger partial charge in [-0.3, -0.25) is 9.78 Å². The fraction of sp³-hybridized carbons (Fsp3) is 0.238. The third kappa shape index (κ3) is 4.96. The zero-order valence-corrected chi connectivity index (χ0v) is 14.8. The summed E-state index contributed by atoms with van der Waals surface area (Å²) < 4.78 is 0. The van der Waals surface area contributed by atoms with Gasteiger partial charge in [0.05, 0.1) is 6.04 Å². The van der Waals surface area contributed by atoms with Gasteiger partial charge in [0, 0.05) is 36.3 Å². The minimum atomic E-state index is -0.0292. The molecule has 0 bridgehead atoms. The number of rotatable bonds is 7. The first kappa shape index (κ1) is 17.7. The van der Waals surface area contributed by atoms with Gasteiger partial charge in [0.25, 0.3) is 0 Å². The van der Waals surface area contributed by atoms with Crippen molar-refractivity contribution in [1.29, 1.82) is 0 Å². The second-order valence-corrected chi connectivity index (χ2v) is 6.21. The van der Waals surface area contributed by atoms with Crippen molar-refractivity contribution in [2.75, 3.05) is 0 Å². The molecule has 0 unspecified atom stereocenters. The number of nitrogens with zero attached hydrogens (tertiary/aromatic N) is 3. The molecule has 0 aliphatic heterocycles. The third-order valence-electron chi connectivity index (χ3n) is 4.24. The number of carbonyl (C=O) groups is 1. The fourth-order valence-electron chi connectivity index (χ4n) is 2.79. The van der Waals surface area contributed by atoms with Crippen molar-refractivity contribution in [3.8, 4) is 11.1 Å². The van der Waals surface area contributed by atoms with Crippen molar-refractivity contribution in [2.45, 2.75) is 32.2 Å². The zero-order chi connectivity index (χ0) is 18.2. The Bertz CT molecular complexity index is 820. The van der Waals surface area contributed by atoms with Gasteiger partial charge in [-0.1, -0.05) is 30.3 Å². The topological polar surface area (TPSA) is 67.8 Å². The summed E-state index contributed by atoms with van der Waals surface area (Å²) in [5.74, 6) is 0.0639. The van der Waals surface area contributed by atoms with Crippen LogP contribution in [0.5, 0.6) is 0 Å². The summed E-state index contributed by atoms with van der Waals surface area (Å²) in [5, 5.41) is 3.06. The molecule has 1 atom stereocenters. The maximum atomic E-state index is 12.2. The van der Waals surface area contributed by atoms with Crippen molar-refractivity contribution in [3.05, 3.63) is 78.6 Å². The smallest absolute Gasteiger partial charge is 0.220 e. The number of nitrogens with one attached hydrogen (secondary N) is 1. The molecule has 0 radical (unpaired) electrons. The van der Waals surface area contributed by atoms with Crippen molar-refractivity contribution in [2.24, 2.45) is 0 Å². The molecule has 3 aromatic rings. The summed E-state index contributed by atoms with van der Waals surface area (Å²) in [4.78, 5) is 24.5. The zero-order valence-electron chi connectivity index (χ0n) is 14.8. The monoisotopic (exact) mass is 346 g/mol. The van der Waals surface area contributed by atoms with Crippen molar-refractivity contribution < 1.29 is 4.79 Å². The van der Waals surface area contributed by atoms with Gasteiger partial charge in [-0.05, 0) is 43.0 Å². The highest BCUT2D eigenvalue weighted by molar-refractivity contribution is 5.76. The van der Waals surface area contributed by atoms with Crippen LogP contribution in [0.1, 0.15) is 37.1 Å². The molecule has 0 aliphatic carbocycles. The average Bonchev–Trinajstić information content (AvgIpc) is 2.69. The molecule has 0 saturated carbocycles. The van der Waals surface area contributed by atoms with Gasteiger partial charge in [0.15, 0.2) is 0 Å². The van der Waals surface area contributed by atoms with Crippen LogP contribution in [-0.4, -0.2) is 20.9 Å². The lowest BCUT2D eigenvalue weighted by Gasteiger charge is -2.15. The van der Waals surface area contributed by atoms with Crippen LogP contribution in [0, 0.1) is 0 Å². The molecule has 0 aliphatic rings. The molecule has 3 rings (SSSR count). The minimum Gasteiger partial charge on any atom is -0.350 e. The first-order valence-corrected chi connectivity index (χ1v) is 8.77. The number of amides is 1. The van der Waals surface area contributed by atoms with Crippen LogP contribution in [0.25, 0.3) is 11.1 Å². The van der Waals surface area contributed by atoms with Crippen LogP contribution >= 0.6 is 0 Å². The Labute approximate surface area is 153 Å². The Hall–Kier alpha value is -3.08. The Kier molecular flexibility index (Phi) is 6.04. The molecular weight excluding hydrogens is 324 g/mol. The molecule has 5 nitrogen and oxygen atoms in total. The second kappa shape index (κ2) is 8.85. The molecule has 1 amide bonds. The van der Waals surface area contributed by atoms with E-state index in [1.165, 1.54) is 6.33 Å². The largest absolute Gasteiger partial charge is 0.350 e. The Morgan fingerprint density at radius 2 is 1.81 bits per heavy atom. The van der Waals surface area contributed by atoms with E-state index in [-0.39, 0.29) is 11.9 Å². The van der Waals surface area contributed by atoms with Gasteiger partial charge >= 0.3 is 0 Å². The van der Waals surface area contributed by atoms with E-state index in [2.05, 4.69) is 20.3 Å². The number of hydrogen-bond acceptors (Lipinski definition) is 4. The molecule has 0 spiro atoms. The van der Waals surface area contributed by atoms with Gasteiger partial charge in [-0.25, -0.2) is 9.97 Å². The summed E-state index contributed by atoms with van der Waals surface area (Å²) >= 11 is 0. The summed E-state index contributed by atoms with van der Waals surface area (Å²) in [6, 6.07) is 13.9. The second-order valence-electron chi connectivity index (χ2n) is 6.21. The van der Waals surface area contributed by atoms with E-state index >= 15 is 0 Å². The molecule has 0 fully saturated rings. The van der Waals surface area contributed by atoms with Crippen LogP contribution in [0.4, 0.5) is 0 Å². The number of pyridine rings is 1. The van der Waals surface area contributed by atoms with Gasteiger partial charge in [0.1, 0.15) is 6.33 Å². The summed E-state index contributed by atoms with van der Waals surface area (Å²) in [6.07, 6.45) is 8.98. The van der Waals surface area contributed by atoms with Crippen molar-refractivity contribution >= 4 is 5.91 Å². The van der Waals surface area contributed by atoms with Gasteiger partial charge in [0.2, 0.25) is 5.91 Å². The molecule has 2 heterocycles. The van der Waals surface area contributed by atoms with E-state index in [0.717, 1.165) is 35.2 Å². The molecule has 2 aromatic heterocycles. The molecule has 132 valence electrons. The highest BCUT2D eigenvalue weighted by Gasteiger charge is 2.10. The highest BCUT2D eigenvalue weighted by atomic mass is 16.1. The lowest BCUT2D eigenvalue weighted by molar-refractivity contribution is -0.121. The quantitative estimate of drug-likeness (QED) is 0.708. The predicted molar refractivity (Wildman–Crippen MR) is 101 cm³/mol. The normalized spacial score (nSPS) is 11.7. The van der Waals surface area contributed by atoms with Crippen molar-refractivity contribution in [1.82, 2.24) is 20.3 Å². The van der Waals surface area contributed by atoms with Crippen molar-refractivity contribution in [3.63, 3.8) is 0 Å². The summed E-state index contributed by atoms with van der Waals surface area (Å²) in [7, 11) is 0. The number of hydrogen-bond donors (Lipinski definition) is 1. The SMILES string of the molecule is C[C@H](NC(=O)CCCc1ccccn1)c1ccc(-c2cncnc2)cc1. The number of carbonyl (C=O) groups excluding carboxylic acids is 1. The van der Waals surface area contributed by atoms with Crippen LogP contribution in [0.3, 0.4) is 0 Å². The fourth-order valence-corrected chi connectivity index (χ4v) is 2.79. The molecular formula is C21H22N4O. The summed E-state index contributed by atoms with van der Waals surface area (Å²) in [6.45, 7) is 2.00. The van der Waals surface area contributed by atoms with Gasteiger partial charge in [-0.15, -0.1) is 0 Å². The van der Waals surface area contributed by atoms with E-state index in [4.69, 9.17) is 0 Å². The Morgan fingerprint density at radius 3 is 2.50 bits per heavy atom. The highest BCUT2D eigenvalue weighted by Crippen LogP contribution is 2.20. The van der Waals surface area contributed by atoms with Crippen LogP contribution in [0.15, 0.2) is 67.4 Å². The lowest BCUT2D eigenvalue weighted by Crippen LogP contribution is -2.26. The number of aryl methyl sites for hydroxylation is 1. The van der Waals surface area contributed by atoms with E-state index in [1.54, 1.807) is 18.6 Å². The van der Waals surface area contributed by atoms with E-state index < -0.39 is 0 Å². The Balaban J connectivity index is 1.49. The standard InChI is InChI=1S/C21H22N4O/c1-16(25-21(26)7-4-6-20-5-2-3-12-24-20)17-8-10-18(11-9-17)19-13-22-15-23-14-19/h2-3,5,8-16H,4,6-7H2,1H3,(H,25,26)/t16-/m0/s1. The van der Waals surface area contributed by atoms with E-state index in [9.17, 15) is 4.79 Å². The Morgan fingerprint density at radius 1 is 1.04 bits per heavy atom. The summed E-state index contributed by atoms with van der Waals surface area (Å²) in [5.41, 5.74) is 4.13. The number of benzene rings is 1. The average molecular weight is 346 g/mol. The maximum Gasteiger partial charge on any atom is 0.220 e. The molecule has 1 N–H and O–H groups in total. The molecule has 0 saturated heterocycles. The van der Waals surface area contributed by atoms with E-state index in [0.29, 0.717) is 6.42 Å².